The summed E-state index contributed by atoms with van der Waals surface area (Å²) in [5.41, 5.74) is 0.168. The summed E-state index contributed by atoms with van der Waals surface area (Å²) in [5.74, 6) is -1.84. The molecule has 9 heteroatoms. The van der Waals surface area contributed by atoms with E-state index in [0.717, 1.165) is 0 Å². The minimum atomic E-state index is -0.882. The topological polar surface area (TPSA) is 104 Å². The van der Waals surface area contributed by atoms with Gasteiger partial charge in [-0.25, -0.2) is 9.18 Å². The van der Waals surface area contributed by atoms with Gasteiger partial charge < -0.3 is 18.6 Å². The van der Waals surface area contributed by atoms with Gasteiger partial charge in [-0.15, -0.1) is 0 Å². The number of furan rings is 1. The lowest BCUT2D eigenvalue weighted by atomic mass is 10.2. The first-order valence-electron chi connectivity index (χ1n) is 9.07. The summed E-state index contributed by atoms with van der Waals surface area (Å²) < 4.78 is 33.5. The van der Waals surface area contributed by atoms with Gasteiger partial charge in [0.2, 0.25) is 5.76 Å². The molecule has 0 unspecified atom stereocenters. The number of benzene rings is 2. The van der Waals surface area contributed by atoms with Crippen molar-refractivity contribution < 1.29 is 37.4 Å². The maximum absolute atomic E-state index is 12.9. The van der Waals surface area contributed by atoms with Crippen LogP contribution in [0.4, 0.5) is 4.39 Å². The Bertz CT molecular complexity index is 1080. The van der Waals surface area contributed by atoms with Crippen LogP contribution in [0.25, 0.3) is 0 Å². The van der Waals surface area contributed by atoms with Crippen molar-refractivity contribution >= 4 is 17.8 Å². The van der Waals surface area contributed by atoms with Gasteiger partial charge >= 0.3 is 5.97 Å². The van der Waals surface area contributed by atoms with E-state index in [9.17, 15) is 18.8 Å². The van der Waals surface area contributed by atoms with Crippen LogP contribution in [0.15, 0.2) is 65.1 Å². The van der Waals surface area contributed by atoms with E-state index in [4.69, 9.17) is 18.6 Å². The van der Waals surface area contributed by atoms with Crippen molar-refractivity contribution in [3.63, 3.8) is 0 Å². The zero-order valence-corrected chi connectivity index (χ0v) is 16.4. The Kier molecular flexibility index (Phi) is 7.00. The van der Waals surface area contributed by atoms with Crippen LogP contribution in [-0.4, -0.2) is 31.5 Å². The standard InChI is InChI=1S/C22H18FNO7/c1-28-18-5-3-2-4-17(18)21(26)24-20(25)13-30-22(27)19-11-10-16(31-19)12-29-15-8-6-14(23)7-9-15/h2-11H,12-13H2,1H3,(H,24,25,26). The van der Waals surface area contributed by atoms with Crippen LogP contribution >= 0.6 is 0 Å². The van der Waals surface area contributed by atoms with E-state index >= 15 is 0 Å². The number of hydrogen-bond donors (Lipinski definition) is 1. The van der Waals surface area contributed by atoms with Gasteiger partial charge in [-0.3, -0.25) is 14.9 Å². The molecular formula is C22H18FNO7. The molecule has 0 aliphatic carbocycles. The molecule has 31 heavy (non-hydrogen) atoms. The van der Waals surface area contributed by atoms with Crippen LogP contribution in [0.5, 0.6) is 11.5 Å². The zero-order valence-electron chi connectivity index (χ0n) is 16.4. The number of methoxy groups -OCH3 is 1. The number of nitrogens with one attached hydrogen (secondary N) is 1. The zero-order chi connectivity index (χ0) is 22.2. The Labute approximate surface area is 176 Å². The smallest absolute Gasteiger partial charge is 0.374 e. The molecule has 8 nitrogen and oxygen atoms in total. The quantitative estimate of drug-likeness (QED) is 0.551. The Morgan fingerprint density at radius 1 is 1.00 bits per heavy atom. The van der Waals surface area contributed by atoms with Crippen LogP contribution < -0.4 is 14.8 Å². The van der Waals surface area contributed by atoms with Gasteiger partial charge in [0, 0.05) is 0 Å². The molecule has 2 amide bonds. The highest BCUT2D eigenvalue weighted by atomic mass is 19.1. The fourth-order valence-electron chi connectivity index (χ4n) is 2.51. The van der Waals surface area contributed by atoms with E-state index in [1.54, 1.807) is 18.2 Å². The van der Waals surface area contributed by atoms with Crippen LogP contribution in [0.1, 0.15) is 26.7 Å². The molecular weight excluding hydrogens is 409 g/mol. The molecule has 0 fully saturated rings. The largest absolute Gasteiger partial charge is 0.496 e. The Morgan fingerprint density at radius 2 is 1.74 bits per heavy atom. The molecule has 1 aromatic heterocycles. The van der Waals surface area contributed by atoms with Crippen molar-refractivity contribution in [2.45, 2.75) is 6.61 Å². The summed E-state index contributed by atoms with van der Waals surface area (Å²) in [6.07, 6.45) is 0. The van der Waals surface area contributed by atoms with Crippen LogP contribution in [0.2, 0.25) is 0 Å². The molecule has 0 aliphatic heterocycles. The molecule has 0 radical (unpaired) electrons. The number of halogens is 1. The molecule has 0 atom stereocenters. The summed E-state index contributed by atoms with van der Waals surface area (Å²) in [7, 11) is 1.40. The molecule has 3 aromatic rings. The molecule has 3 rings (SSSR count). The van der Waals surface area contributed by atoms with Gasteiger partial charge in [0.25, 0.3) is 11.8 Å². The molecule has 0 saturated carbocycles. The number of ether oxygens (including phenoxy) is 3. The van der Waals surface area contributed by atoms with E-state index in [2.05, 4.69) is 5.32 Å². The maximum Gasteiger partial charge on any atom is 0.374 e. The Morgan fingerprint density at radius 3 is 2.48 bits per heavy atom. The number of carbonyl (C=O) groups excluding carboxylic acids is 3. The molecule has 1 heterocycles. The highest BCUT2D eigenvalue weighted by Gasteiger charge is 2.18. The number of rotatable bonds is 8. The van der Waals surface area contributed by atoms with Crippen molar-refractivity contribution in [1.82, 2.24) is 5.32 Å². The van der Waals surface area contributed by atoms with Gasteiger partial charge in [-0.2, -0.15) is 0 Å². The third-order valence-electron chi connectivity index (χ3n) is 4.00. The first-order valence-corrected chi connectivity index (χ1v) is 9.07. The lowest BCUT2D eigenvalue weighted by Gasteiger charge is -2.08. The lowest BCUT2D eigenvalue weighted by Crippen LogP contribution is -2.34. The van der Waals surface area contributed by atoms with Crippen molar-refractivity contribution in [3.05, 3.63) is 83.6 Å². The van der Waals surface area contributed by atoms with E-state index < -0.39 is 24.4 Å². The van der Waals surface area contributed by atoms with E-state index in [1.807, 2.05) is 0 Å². The van der Waals surface area contributed by atoms with Crippen molar-refractivity contribution in [2.24, 2.45) is 0 Å². The number of hydrogen-bond acceptors (Lipinski definition) is 7. The number of para-hydroxylation sites is 1. The summed E-state index contributed by atoms with van der Waals surface area (Å²) in [6, 6.07) is 14.7. The van der Waals surface area contributed by atoms with Gasteiger partial charge in [0.1, 0.15) is 29.7 Å². The first kappa shape index (κ1) is 21.6. The monoisotopic (exact) mass is 427 g/mol. The summed E-state index contributed by atoms with van der Waals surface area (Å²) >= 11 is 0. The van der Waals surface area contributed by atoms with Gasteiger partial charge in [0.15, 0.2) is 6.61 Å². The van der Waals surface area contributed by atoms with Gasteiger partial charge in [-0.05, 0) is 48.5 Å². The van der Waals surface area contributed by atoms with Gasteiger partial charge in [0.05, 0.1) is 12.7 Å². The molecule has 0 spiro atoms. The predicted octanol–water partition coefficient (Wildman–Crippen LogP) is 3.12. The van der Waals surface area contributed by atoms with Crippen molar-refractivity contribution in [2.75, 3.05) is 13.7 Å². The van der Waals surface area contributed by atoms with E-state index in [0.29, 0.717) is 17.3 Å². The average molecular weight is 427 g/mol. The highest BCUT2D eigenvalue weighted by molar-refractivity contribution is 6.06. The fourth-order valence-corrected chi connectivity index (χ4v) is 2.51. The molecule has 160 valence electrons. The number of carbonyl (C=O) groups is 3. The molecule has 0 bridgehead atoms. The molecule has 0 aliphatic rings. The second-order valence-corrected chi connectivity index (χ2v) is 6.16. The Balaban J connectivity index is 1.47. The third-order valence-corrected chi connectivity index (χ3v) is 4.00. The number of amides is 2. The number of imide groups is 1. The van der Waals surface area contributed by atoms with Crippen molar-refractivity contribution in [3.8, 4) is 11.5 Å². The second-order valence-electron chi connectivity index (χ2n) is 6.16. The van der Waals surface area contributed by atoms with Crippen LogP contribution in [-0.2, 0) is 16.1 Å². The van der Waals surface area contributed by atoms with Crippen LogP contribution in [0, 0.1) is 5.82 Å². The minimum absolute atomic E-state index is 0.00675. The van der Waals surface area contributed by atoms with E-state index in [-0.39, 0.29) is 23.7 Å². The van der Waals surface area contributed by atoms with Gasteiger partial charge in [-0.1, -0.05) is 12.1 Å². The molecule has 2 aromatic carbocycles. The lowest BCUT2D eigenvalue weighted by molar-refractivity contribution is -0.123. The fraction of sp³-hybridized carbons (Fsp3) is 0.136. The average Bonchev–Trinajstić information content (AvgIpc) is 3.26. The first-order chi connectivity index (χ1) is 15.0. The minimum Gasteiger partial charge on any atom is -0.496 e. The maximum atomic E-state index is 12.9. The second kappa shape index (κ2) is 10.1. The molecule has 0 saturated heterocycles. The SMILES string of the molecule is COc1ccccc1C(=O)NC(=O)COC(=O)c1ccc(COc2ccc(F)cc2)o1. The highest BCUT2D eigenvalue weighted by Crippen LogP contribution is 2.17. The summed E-state index contributed by atoms with van der Waals surface area (Å²) in [4.78, 5) is 36.1. The summed E-state index contributed by atoms with van der Waals surface area (Å²) in [5, 5.41) is 2.11. The molecule has 1 N–H and O–H groups in total. The normalized spacial score (nSPS) is 10.3. The number of esters is 1. The predicted molar refractivity (Wildman–Crippen MR) is 105 cm³/mol. The van der Waals surface area contributed by atoms with Crippen molar-refractivity contribution in [1.29, 1.82) is 0 Å². The summed E-state index contributed by atoms with van der Waals surface area (Å²) in [6.45, 7) is -0.672. The third kappa shape index (κ3) is 5.92. The van der Waals surface area contributed by atoms with Crippen LogP contribution in [0.3, 0.4) is 0 Å². The Hall–Kier alpha value is -4.14. The van der Waals surface area contributed by atoms with E-state index in [1.165, 1.54) is 49.6 Å².